The van der Waals surface area contributed by atoms with Gasteiger partial charge in [-0.2, -0.15) is 0 Å². The summed E-state index contributed by atoms with van der Waals surface area (Å²) in [7, 11) is 0. The van der Waals surface area contributed by atoms with Crippen LogP contribution in [0.3, 0.4) is 0 Å². The van der Waals surface area contributed by atoms with Gasteiger partial charge in [-0.05, 0) is 0 Å². The number of rotatable bonds is 2. The summed E-state index contributed by atoms with van der Waals surface area (Å²) in [5.74, 6) is 0. The van der Waals surface area contributed by atoms with Crippen LogP contribution in [0.25, 0.3) is 0 Å². The molecule has 9 heavy (non-hydrogen) atoms. The number of hydrogen-bond acceptors (Lipinski definition) is 1. The fourth-order valence-corrected chi connectivity index (χ4v) is 1.73. The summed E-state index contributed by atoms with van der Waals surface area (Å²) in [5, 5.41) is 0. The molecule has 0 aliphatic carbocycles. The molecule has 0 rings (SSSR count). The van der Waals surface area contributed by atoms with Crippen molar-refractivity contribution in [2.24, 2.45) is 5.73 Å². The maximum atomic E-state index is 5.55. The number of hydrogen-bond donors (Lipinski definition) is 1. The maximum absolute atomic E-state index is 5.55. The second kappa shape index (κ2) is 5.13. The van der Waals surface area contributed by atoms with Crippen molar-refractivity contribution in [2.75, 3.05) is 0 Å². The first-order valence-corrected chi connectivity index (χ1v) is 4.94. The number of allylic oxidation sites excluding steroid dienone is 4. The molecule has 1 nitrogen and oxygen atoms in total. The summed E-state index contributed by atoms with van der Waals surface area (Å²) in [6, 6.07) is 0. The van der Waals surface area contributed by atoms with Gasteiger partial charge in [-0.15, -0.1) is 0 Å². The van der Waals surface area contributed by atoms with E-state index in [2.05, 4.69) is 15.9 Å². The van der Waals surface area contributed by atoms with Crippen LogP contribution in [0.15, 0.2) is 22.3 Å². The molecule has 0 aliphatic rings. The predicted molar refractivity (Wildman–Crippen MR) is 41.0 cm³/mol. The molecule has 2 N–H and O–H groups in total. The number of nitrogens with two attached hydrogens (primary N) is 1. The molecule has 0 spiro atoms. The Morgan fingerprint density at radius 3 is 2.56 bits per heavy atom. The molecule has 0 saturated carbocycles. The molecule has 0 amide bonds. The molecule has 0 aromatic heterocycles. The Hall–Kier alpha value is 0.318. The quantitative estimate of drug-likeness (QED) is 0.744. The standard InChI is InChI=1S/C6H8BrN.W/c1-3-4-6(7)5(2)8;/h2-4H,8H2,1H3;/b4-3?,6-5-;. The summed E-state index contributed by atoms with van der Waals surface area (Å²) < 4.78 is 2.89. The zero-order valence-corrected chi connectivity index (χ0v) is 9.62. The molecule has 0 aromatic rings. The summed E-state index contributed by atoms with van der Waals surface area (Å²) >= 11 is 4.68. The third-order valence-corrected chi connectivity index (χ3v) is 2.35. The molecule has 0 aromatic carbocycles. The van der Waals surface area contributed by atoms with E-state index in [1.807, 2.05) is 23.5 Å². The van der Waals surface area contributed by atoms with Crippen molar-refractivity contribution in [1.29, 1.82) is 0 Å². The predicted octanol–water partition coefficient (Wildman–Crippen LogP) is 1.48. The zero-order valence-electron chi connectivity index (χ0n) is 5.10. The van der Waals surface area contributed by atoms with Crippen molar-refractivity contribution in [3.8, 4) is 0 Å². The zero-order chi connectivity index (χ0) is 7.28. The molecule has 0 heterocycles. The van der Waals surface area contributed by atoms with Crippen LogP contribution in [0.2, 0.25) is 0 Å². The molecule has 0 unspecified atom stereocenters. The summed E-state index contributed by atoms with van der Waals surface area (Å²) in [4.78, 5) is 0. The van der Waals surface area contributed by atoms with Crippen molar-refractivity contribution in [1.82, 2.24) is 0 Å². The van der Waals surface area contributed by atoms with Crippen LogP contribution in [0, 0.1) is 0 Å². The van der Waals surface area contributed by atoms with Gasteiger partial charge >= 0.3 is 74.7 Å². The van der Waals surface area contributed by atoms with Crippen molar-refractivity contribution < 1.29 is 19.4 Å². The van der Waals surface area contributed by atoms with Gasteiger partial charge in [0.15, 0.2) is 0 Å². The fraction of sp³-hybridized carbons (Fsp3) is 0.167. The minimum absolute atomic E-state index is 0.808. The molecule has 0 radical (unpaired) electrons. The first-order valence-electron chi connectivity index (χ1n) is 2.45. The molecule has 0 atom stereocenters. The van der Waals surface area contributed by atoms with Crippen molar-refractivity contribution in [2.45, 2.75) is 6.92 Å². The minimum atomic E-state index is 0.808. The van der Waals surface area contributed by atoms with Crippen LogP contribution in [0.1, 0.15) is 6.92 Å². The molecule has 0 saturated heterocycles. The van der Waals surface area contributed by atoms with Crippen molar-refractivity contribution in [3.05, 3.63) is 22.3 Å². The van der Waals surface area contributed by atoms with Crippen LogP contribution in [0.5, 0.6) is 0 Å². The average molecular weight is 358 g/mol. The van der Waals surface area contributed by atoms with Crippen LogP contribution >= 0.6 is 15.9 Å². The van der Waals surface area contributed by atoms with E-state index in [9.17, 15) is 0 Å². The third-order valence-electron chi connectivity index (χ3n) is 0.716. The van der Waals surface area contributed by atoms with E-state index in [1.165, 1.54) is 19.4 Å². The summed E-state index contributed by atoms with van der Waals surface area (Å²) in [6.07, 6.45) is 3.87. The first kappa shape index (κ1) is 9.32. The SMILES string of the molecule is CC=C/C(Br)=C(/N)[CH]=[W]. The van der Waals surface area contributed by atoms with Crippen LogP contribution in [-0.2, 0) is 19.4 Å². The van der Waals surface area contributed by atoms with Crippen LogP contribution in [-0.4, -0.2) is 4.40 Å². The Balaban J connectivity index is 4.27. The Kier molecular flexibility index (Phi) is 5.31. The second-order valence-electron chi connectivity index (χ2n) is 1.42. The molecular formula is C6H8BrNW. The first-order chi connectivity index (χ1) is 4.22. The van der Waals surface area contributed by atoms with Gasteiger partial charge in [0.1, 0.15) is 0 Å². The van der Waals surface area contributed by atoms with Gasteiger partial charge in [-0.25, -0.2) is 0 Å². The van der Waals surface area contributed by atoms with Crippen molar-refractivity contribution in [3.63, 3.8) is 0 Å². The molecule has 50 valence electrons. The molecule has 3 heteroatoms. The van der Waals surface area contributed by atoms with Gasteiger partial charge in [0.05, 0.1) is 0 Å². The Morgan fingerprint density at radius 2 is 2.22 bits per heavy atom. The molecule has 0 bridgehead atoms. The molecular weight excluding hydrogens is 350 g/mol. The monoisotopic (exact) mass is 357 g/mol. The molecule has 0 aliphatic heterocycles. The summed E-state index contributed by atoms with van der Waals surface area (Å²) in [6.45, 7) is 1.96. The van der Waals surface area contributed by atoms with E-state index in [1.54, 1.807) is 0 Å². The normalized spacial score (nSPS) is 13.6. The van der Waals surface area contributed by atoms with Gasteiger partial charge in [0.25, 0.3) is 0 Å². The number of halogens is 1. The van der Waals surface area contributed by atoms with E-state index in [4.69, 9.17) is 5.73 Å². The van der Waals surface area contributed by atoms with E-state index in [-0.39, 0.29) is 0 Å². The van der Waals surface area contributed by atoms with Gasteiger partial charge in [-0.3, -0.25) is 0 Å². The van der Waals surface area contributed by atoms with Gasteiger partial charge < -0.3 is 0 Å². The third kappa shape index (κ3) is 3.82. The molecule has 0 fully saturated rings. The Bertz CT molecular complexity index is 160. The van der Waals surface area contributed by atoms with Crippen molar-refractivity contribution >= 4 is 20.3 Å². The van der Waals surface area contributed by atoms with E-state index < -0.39 is 0 Å². The Morgan fingerprint density at radius 1 is 1.67 bits per heavy atom. The summed E-state index contributed by atoms with van der Waals surface area (Å²) in [5.41, 5.74) is 6.36. The Labute approximate surface area is 74.5 Å². The fourth-order valence-electron chi connectivity index (χ4n) is 0.299. The average Bonchev–Trinajstić information content (AvgIpc) is 1.87. The second-order valence-corrected chi connectivity index (χ2v) is 3.12. The van der Waals surface area contributed by atoms with E-state index >= 15 is 0 Å². The van der Waals surface area contributed by atoms with E-state index in [0.29, 0.717) is 0 Å². The van der Waals surface area contributed by atoms with Gasteiger partial charge in [0, 0.05) is 0 Å². The van der Waals surface area contributed by atoms with Gasteiger partial charge in [0.2, 0.25) is 0 Å². The van der Waals surface area contributed by atoms with E-state index in [0.717, 1.165) is 10.2 Å². The van der Waals surface area contributed by atoms with Crippen LogP contribution in [0.4, 0.5) is 0 Å². The topological polar surface area (TPSA) is 26.0 Å². The van der Waals surface area contributed by atoms with Crippen LogP contribution < -0.4 is 5.73 Å². The van der Waals surface area contributed by atoms with Gasteiger partial charge in [-0.1, -0.05) is 0 Å².